The minimum atomic E-state index is -3.73. The van der Waals surface area contributed by atoms with Crippen LogP contribution in [0, 0.1) is 0 Å². The number of benzene rings is 2. The van der Waals surface area contributed by atoms with Gasteiger partial charge in [-0.1, -0.05) is 47.5 Å². The Bertz CT molecular complexity index is 1000. The van der Waals surface area contributed by atoms with Crippen LogP contribution in [0.4, 0.5) is 0 Å². The summed E-state index contributed by atoms with van der Waals surface area (Å²) in [5.74, 6) is -0.212. The molecule has 10 heteroatoms. The summed E-state index contributed by atoms with van der Waals surface area (Å²) in [6.07, 6.45) is -0.111. The molecule has 1 heterocycles. The van der Waals surface area contributed by atoms with Crippen LogP contribution in [-0.2, 0) is 26.1 Å². The molecule has 3 rings (SSSR count). The number of carbonyl (C=O) groups is 1. The number of aliphatic hydroxyl groups excluding tert-OH is 1. The van der Waals surface area contributed by atoms with E-state index in [9.17, 15) is 18.3 Å². The third-order valence-electron chi connectivity index (χ3n) is 5.04. The van der Waals surface area contributed by atoms with Crippen molar-refractivity contribution in [3.05, 3.63) is 64.1 Å². The second kappa shape index (κ2) is 10.8. The molecule has 0 spiro atoms. The first-order valence-corrected chi connectivity index (χ1v) is 12.1. The van der Waals surface area contributed by atoms with Crippen molar-refractivity contribution in [2.24, 2.45) is 0 Å². The molecule has 7 nitrogen and oxygen atoms in total. The summed E-state index contributed by atoms with van der Waals surface area (Å²) in [5.41, 5.74) is 0.816. The molecule has 168 valence electrons. The van der Waals surface area contributed by atoms with Gasteiger partial charge < -0.3 is 15.2 Å². The van der Waals surface area contributed by atoms with Crippen molar-refractivity contribution < 1.29 is 23.1 Å². The van der Waals surface area contributed by atoms with Gasteiger partial charge in [-0.2, -0.15) is 0 Å². The standard InChI is InChI=1S/C21H24Cl2N2O5S/c22-17-8-6-14(10-18(17)23)12-24-21(27)11-15-7-9-19(20(13-26)30-15)25-31(28,29)16-4-2-1-3-5-16/h1-6,8,10,15,19-20,25-26H,7,9,11-13H2,(H,24,27)/t15-,19-,20+/m0/s1. The van der Waals surface area contributed by atoms with E-state index in [1.807, 2.05) is 0 Å². The fourth-order valence-corrected chi connectivity index (χ4v) is 5.05. The summed E-state index contributed by atoms with van der Waals surface area (Å²) in [5, 5.41) is 13.4. The lowest BCUT2D eigenvalue weighted by Gasteiger charge is -2.35. The third-order valence-corrected chi connectivity index (χ3v) is 7.29. The Morgan fingerprint density at radius 1 is 1.10 bits per heavy atom. The molecule has 3 N–H and O–H groups in total. The van der Waals surface area contributed by atoms with Crippen LogP contribution < -0.4 is 10.0 Å². The Kier molecular flexibility index (Phi) is 8.32. The van der Waals surface area contributed by atoms with Crippen LogP contribution >= 0.6 is 23.2 Å². The Hall–Kier alpha value is -1.68. The van der Waals surface area contributed by atoms with Crippen LogP contribution in [-0.4, -0.2) is 44.3 Å². The largest absolute Gasteiger partial charge is 0.394 e. The molecule has 0 bridgehead atoms. The molecule has 0 saturated carbocycles. The van der Waals surface area contributed by atoms with Gasteiger partial charge in [-0.3, -0.25) is 4.79 Å². The van der Waals surface area contributed by atoms with Crippen molar-refractivity contribution >= 4 is 39.1 Å². The van der Waals surface area contributed by atoms with Gasteiger partial charge in [-0.15, -0.1) is 0 Å². The zero-order valence-electron chi connectivity index (χ0n) is 16.6. The van der Waals surface area contributed by atoms with Crippen LogP contribution in [0.1, 0.15) is 24.8 Å². The highest BCUT2D eigenvalue weighted by Crippen LogP contribution is 2.24. The smallest absolute Gasteiger partial charge is 0.240 e. The zero-order chi connectivity index (χ0) is 22.4. The van der Waals surface area contributed by atoms with Crippen molar-refractivity contribution in [1.82, 2.24) is 10.0 Å². The molecule has 1 aliphatic heterocycles. The van der Waals surface area contributed by atoms with Gasteiger partial charge in [0.05, 0.1) is 46.2 Å². The third kappa shape index (κ3) is 6.65. The Morgan fingerprint density at radius 2 is 1.84 bits per heavy atom. The molecule has 1 fully saturated rings. The van der Waals surface area contributed by atoms with Crippen molar-refractivity contribution in [1.29, 1.82) is 0 Å². The van der Waals surface area contributed by atoms with Crippen LogP contribution in [0.25, 0.3) is 0 Å². The molecular formula is C21H24Cl2N2O5S. The van der Waals surface area contributed by atoms with Crippen molar-refractivity contribution in [3.63, 3.8) is 0 Å². The first-order valence-electron chi connectivity index (χ1n) is 9.83. The average molecular weight is 487 g/mol. The number of hydrogen-bond donors (Lipinski definition) is 3. The highest BCUT2D eigenvalue weighted by molar-refractivity contribution is 7.89. The minimum Gasteiger partial charge on any atom is -0.394 e. The topological polar surface area (TPSA) is 105 Å². The molecule has 3 atom stereocenters. The Labute approximate surface area is 191 Å². The van der Waals surface area contributed by atoms with Gasteiger partial charge >= 0.3 is 0 Å². The molecule has 2 aromatic carbocycles. The van der Waals surface area contributed by atoms with E-state index >= 15 is 0 Å². The van der Waals surface area contributed by atoms with Gasteiger partial charge in [-0.25, -0.2) is 13.1 Å². The maximum atomic E-state index is 12.6. The predicted octanol–water partition coefficient (Wildman–Crippen LogP) is 2.89. The number of carbonyl (C=O) groups excluding carboxylic acids is 1. The number of ether oxygens (including phenoxy) is 1. The summed E-state index contributed by atoms with van der Waals surface area (Å²) in [6, 6.07) is 12.6. The maximum Gasteiger partial charge on any atom is 0.240 e. The number of hydrogen-bond acceptors (Lipinski definition) is 5. The summed E-state index contributed by atoms with van der Waals surface area (Å²) in [7, 11) is -3.73. The molecule has 1 saturated heterocycles. The van der Waals surface area contributed by atoms with Gasteiger partial charge in [0.1, 0.15) is 0 Å². The lowest BCUT2D eigenvalue weighted by molar-refractivity contribution is -0.130. The lowest BCUT2D eigenvalue weighted by Crippen LogP contribution is -2.51. The van der Waals surface area contributed by atoms with Crippen LogP contribution in [0.15, 0.2) is 53.4 Å². The van der Waals surface area contributed by atoms with E-state index in [1.165, 1.54) is 12.1 Å². The molecule has 0 aliphatic carbocycles. The SMILES string of the molecule is O=C(C[C@@H]1CC[C@H](NS(=O)(=O)c2ccccc2)[C@@H](CO)O1)NCc1ccc(Cl)c(Cl)c1. The first-order chi connectivity index (χ1) is 14.8. The minimum absolute atomic E-state index is 0.107. The summed E-state index contributed by atoms with van der Waals surface area (Å²) < 4.78 is 33.5. The zero-order valence-corrected chi connectivity index (χ0v) is 19.0. The van der Waals surface area contributed by atoms with Crippen LogP contribution in [0.3, 0.4) is 0 Å². The molecule has 2 aromatic rings. The second-order valence-electron chi connectivity index (χ2n) is 7.33. The van der Waals surface area contributed by atoms with Crippen molar-refractivity contribution in [2.45, 2.75) is 49.0 Å². The highest BCUT2D eigenvalue weighted by atomic mass is 35.5. The number of nitrogens with one attached hydrogen (secondary N) is 2. The van der Waals surface area contributed by atoms with E-state index in [0.717, 1.165) is 5.56 Å². The first kappa shape index (κ1) is 24.0. The van der Waals surface area contributed by atoms with Gasteiger partial charge in [-0.05, 0) is 42.7 Å². The van der Waals surface area contributed by atoms with Gasteiger partial charge in [0, 0.05) is 6.54 Å². The second-order valence-corrected chi connectivity index (χ2v) is 9.85. The van der Waals surface area contributed by atoms with Crippen LogP contribution in [0.2, 0.25) is 10.0 Å². The number of rotatable bonds is 8. The molecule has 31 heavy (non-hydrogen) atoms. The fraction of sp³-hybridized carbons (Fsp3) is 0.381. The van der Waals surface area contributed by atoms with Gasteiger partial charge in [0.2, 0.25) is 15.9 Å². The van der Waals surface area contributed by atoms with E-state index in [-0.39, 0.29) is 23.8 Å². The molecule has 0 radical (unpaired) electrons. The lowest BCUT2D eigenvalue weighted by atomic mass is 9.98. The van der Waals surface area contributed by atoms with Crippen molar-refractivity contribution in [3.8, 4) is 0 Å². The summed E-state index contributed by atoms with van der Waals surface area (Å²) >= 11 is 11.9. The van der Waals surface area contributed by atoms with Gasteiger partial charge in [0.15, 0.2) is 0 Å². The Balaban J connectivity index is 1.52. The number of aliphatic hydroxyl groups is 1. The number of sulfonamides is 1. The number of amides is 1. The molecule has 1 amide bonds. The summed E-state index contributed by atoms with van der Waals surface area (Å²) in [4.78, 5) is 12.5. The summed E-state index contributed by atoms with van der Waals surface area (Å²) in [6.45, 7) is -0.0608. The Morgan fingerprint density at radius 3 is 2.52 bits per heavy atom. The molecule has 0 unspecified atom stereocenters. The van der Waals surface area contributed by atoms with E-state index in [2.05, 4.69) is 10.0 Å². The highest BCUT2D eigenvalue weighted by Gasteiger charge is 2.34. The number of halogens is 2. The van der Waals surface area contributed by atoms with Crippen molar-refractivity contribution in [2.75, 3.05) is 6.61 Å². The van der Waals surface area contributed by atoms with Crippen LogP contribution in [0.5, 0.6) is 0 Å². The predicted molar refractivity (Wildman–Crippen MR) is 118 cm³/mol. The molecule has 1 aliphatic rings. The maximum absolute atomic E-state index is 12.6. The van der Waals surface area contributed by atoms with E-state index in [4.69, 9.17) is 27.9 Å². The molecule has 0 aromatic heterocycles. The van der Waals surface area contributed by atoms with E-state index in [1.54, 1.807) is 36.4 Å². The van der Waals surface area contributed by atoms with E-state index < -0.39 is 28.3 Å². The average Bonchev–Trinajstić information content (AvgIpc) is 2.76. The normalized spacial score (nSPS) is 21.6. The monoisotopic (exact) mass is 486 g/mol. The van der Waals surface area contributed by atoms with E-state index in [0.29, 0.717) is 29.4 Å². The van der Waals surface area contributed by atoms with Gasteiger partial charge in [0.25, 0.3) is 0 Å². The quantitative estimate of drug-likeness (QED) is 0.531. The molecular weight excluding hydrogens is 463 g/mol. The fourth-order valence-electron chi connectivity index (χ4n) is 3.41.